The van der Waals surface area contributed by atoms with Crippen LogP contribution in [0.1, 0.15) is 85.7 Å². The fraction of sp³-hybridized carbons (Fsp3) is 0.351. The molecule has 2 fully saturated rings. The number of aryl methyl sites for hydroxylation is 1. The number of rotatable bonds is 10. The number of pyridine rings is 1. The van der Waals surface area contributed by atoms with Crippen molar-refractivity contribution in [2.45, 2.75) is 69.7 Å². The lowest BCUT2D eigenvalue weighted by atomic mass is 9.75. The Bertz CT molecular complexity index is 1850. The standard InChI is InChI=1S/C37H39FN4O5/c1-3-47-31-21-27(14-10-23(31)12-17-32(43)44)40-36(46)37(18-7-19-37)41-35(45)25-11-15-28-30(20-25)42(2)34(29-16-13-26(38)22-39-29)33(28)24-8-5-4-6-9-24/h10-17,20-22,24H,3-9,18-19H2,1-2H3,(H,40,46)(H,41,45)(H,43,44)/b17-12+. The number of carboxylic acids is 1. The third-order valence-electron chi connectivity index (χ3n) is 9.46. The van der Waals surface area contributed by atoms with Gasteiger partial charge in [-0.3, -0.25) is 14.6 Å². The van der Waals surface area contributed by atoms with Crippen molar-refractivity contribution in [1.29, 1.82) is 0 Å². The summed E-state index contributed by atoms with van der Waals surface area (Å²) in [5.41, 5.74) is 4.14. The van der Waals surface area contributed by atoms with Crippen LogP contribution in [0.4, 0.5) is 10.1 Å². The Morgan fingerprint density at radius 1 is 1.06 bits per heavy atom. The van der Waals surface area contributed by atoms with Gasteiger partial charge in [-0.05, 0) is 93.0 Å². The number of ether oxygens (including phenoxy) is 1. The number of carboxylic acid groups (broad SMARTS) is 1. The molecule has 2 aromatic carbocycles. The maximum atomic E-state index is 13.8. The van der Waals surface area contributed by atoms with E-state index >= 15 is 0 Å². The molecule has 2 aromatic heterocycles. The number of nitrogens with zero attached hydrogens (tertiary/aromatic N) is 2. The minimum absolute atomic E-state index is 0.322. The number of nitrogens with one attached hydrogen (secondary N) is 2. The van der Waals surface area contributed by atoms with Crippen LogP contribution in [0, 0.1) is 5.82 Å². The fourth-order valence-corrected chi connectivity index (χ4v) is 6.91. The van der Waals surface area contributed by atoms with E-state index in [4.69, 9.17) is 9.84 Å². The van der Waals surface area contributed by atoms with Gasteiger partial charge in [-0.25, -0.2) is 9.18 Å². The second-order valence-corrected chi connectivity index (χ2v) is 12.5. The summed E-state index contributed by atoms with van der Waals surface area (Å²) >= 11 is 0. The van der Waals surface area contributed by atoms with E-state index < -0.39 is 11.5 Å². The number of fused-ring (bicyclic) bond motifs is 1. The summed E-state index contributed by atoms with van der Waals surface area (Å²) in [6.07, 6.45) is 11.2. The van der Waals surface area contributed by atoms with Crippen molar-refractivity contribution in [3.63, 3.8) is 0 Å². The summed E-state index contributed by atoms with van der Waals surface area (Å²) in [4.78, 5) is 42.8. The van der Waals surface area contributed by atoms with Crippen LogP contribution in [-0.4, -0.2) is 44.6 Å². The second-order valence-electron chi connectivity index (χ2n) is 12.5. The number of carbonyl (C=O) groups is 3. The molecule has 244 valence electrons. The van der Waals surface area contributed by atoms with Gasteiger partial charge in [-0.1, -0.05) is 25.3 Å². The van der Waals surface area contributed by atoms with E-state index in [1.54, 1.807) is 24.3 Å². The van der Waals surface area contributed by atoms with E-state index in [0.29, 0.717) is 53.6 Å². The first-order valence-electron chi connectivity index (χ1n) is 16.2. The van der Waals surface area contributed by atoms with Crippen LogP contribution < -0.4 is 15.4 Å². The summed E-state index contributed by atoms with van der Waals surface area (Å²) in [6, 6.07) is 13.8. The van der Waals surface area contributed by atoms with E-state index in [-0.39, 0.29) is 17.6 Å². The van der Waals surface area contributed by atoms with Crippen molar-refractivity contribution in [3.8, 4) is 17.1 Å². The molecule has 6 rings (SSSR count). The van der Waals surface area contributed by atoms with Gasteiger partial charge in [0.1, 0.15) is 17.1 Å². The van der Waals surface area contributed by atoms with Crippen molar-refractivity contribution >= 4 is 40.4 Å². The van der Waals surface area contributed by atoms with Crippen molar-refractivity contribution < 1.29 is 28.6 Å². The molecule has 2 saturated carbocycles. The van der Waals surface area contributed by atoms with Crippen LogP contribution >= 0.6 is 0 Å². The Morgan fingerprint density at radius 2 is 1.85 bits per heavy atom. The first-order chi connectivity index (χ1) is 22.7. The summed E-state index contributed by atoms with van der Waals surface area (Å²) in [7, 11) is 1.96. The van der Waals surface area contributed by atoms with Crippen LogP contribution in [0.15, 0.2) is 60.8 Å². The molecule has 0 saturated heterocycles. The molecular formula is C37H39FN4O5. The molecule has 0 unspecified atom stereocenters. The summed E-state index contributed by atoms with van der Waals surface area (Å²) in [5, 5.41) is 16.0. The third-order valence-corrected chi connectivity index (χ3v) is 9.46. The zero-order valence-corrected chi connectivity index (χ0v) is 26.6. The van der Waals surface area contributed by atoms with Gasteiger partial charge in [0, 0.05) is 46.9 Å². The highest BCUT2D eigenvalue weighted by Gasteiger charge is 2.45. The summed E-state index contributed by atoms with van der Waals surface area (Å²) in [5.74, 6) is -1.34. The molecule has 2 amide bonds. The zero-order chi connectivity index (χ0) is 33.1. The molecule has 0 radical (unpaired) electrons. The molecule has 9 nitrogen and oxygen atoms in total. The van der Waals surface area contributed by atoms with Gasteiger partial charge < -0.3 is 25.0 Å². The molecule has 10 heteroatoms. The SMILES string of the molecule is CCOc1cc(NC(=O)C2(NC(=O)c3ccc4c(C5CCCCC5)c(-c5ccc(F)cn5)n(C)c4c3)CCC2)ccc1/C=C/C(=O)O. The Kier molecular flexibility index (Phi) is 9.11. The molecule has 3 N–H and O–H groups in total. The summed E-state index contributed by atoms with van der Waals surface area (Å²) < 4.78 is 21.5. The number of hydrogen-bond acceptors (Lipinski definition) is 5. The van der Waals surface area contributed by atoms with Gasteiger partial charge >= 0.3 is 5.97 Å². The van der Waals surface area contributed by atoms with E-state index in [0.717, 1.165) is 54.8 Å². The minimum Gasteiger partial charge on any atom is -0.493 e. The molecule has 0 spiro atoms. The monoisotopic (exact) mass is 638 g/mol. The van der Waals surface area contributed by atoms with Crippen LogP contribution in [-0.2, 0) is 16.6 Å². The number of carbonyl (C=O) groups excluding carboxylic acids is 2. The minimum atomic E-state index is -1.08. The van der Waals surface area contributed by atoms with E-state index in [1.165, 1.54) is 30.3 Å². The van der Waals surface area contributed by atoms with E-state index in [9.17, 15) is 18.8 Å². The van der Waals surface area contributed by atoms with Crippen molar-refractivity contribution in [2.75, 3.05) is 11.9 Å². The number of hydrogen-bond donors (Lipinski definition) is 3. The van der Waals surface area contributed by atoms with Gasteiger partial charge in [-0.15, -0.1) is 0 Å². The highest BCUT2D eigenvalue weighted by Crippen LogP contribution is 2.43. The number of aromatic nitrogens is 2. The molecule has 0 atom stereocenters. The zero-order valence-electron chi connectivity index (χ0n) is 26.6. The van der Waals surface area contributed by atoms with Gasteiger partial charge in [0.05, 0.1) is 24.2 Å². The van der Waals surface area contributed by atoms with Gasteiger partial charge in [0.25, 0.3) is 5.91 Å². The van der Waals surface area contributed by atoms with Crippen molar-refractivity contribution in [1.82, 2.24) is 14.9 Å². The van der Waals surface area contributed by atoms with Gasteiger partial charge in [0.15, 0.2) is 0 Å². The normalized spacial score (nSPS) is 16.1. The van der Waals surface area contributed by atoms with E-state index in [2.05, 4.69) is 15.6 Å². The fourth-order valence-electron chi connectivity index (χ4n) is 6.91. The maximum Gasteiger partial charge on any atom is 0.328 e. The number of aliphatic carboxylic acids is 1. The van der Waals surface area contributed by atoms with Gasteiger partial charge in [-0.2, -0.15) is 0 Å². The maximum absolute atomic E-state index is 13.8. The molecule has 0 aliphatic heterocycles. The first-order valence-corrected chi connectivity index (χ1v) is 16.2. The van der Waals surface area contributed by atoms with Crippen LogP contribution in [0.5, 0.6) is 5.75 Å². The number of benzene rings is 2. The molecule has 0 bridgehead atoms. The third kappa shape index (κ3) is 6.50. The number of amides is 2. The molecule has 47 heavy (non-hydrogen) atoms. The smallest absolute Gasteiger partial charge is 0.328 e. The lowest BCUT2D eigenvalue weighted by Crippen LogP contribution is -2.61. The Balaban J connectivity index is 1.27. The van der Waals surface area contributed by atoms with Crippen molar-refractivity contribution in [2.24, 2.45) is 7.05 Å². The molecular weight excluding hydrogens is 599 g/mol. The molecule has 2 heterocycles. The van der Waals surface area contributed by atoms with Gasteiger partial charge in [0.2, 0.25) is 5.91 Å². The first kappa shape index (κ1) is 32.0. The Morgan fingerprint density at radius 3 is 2.51 bits per heavy atom. The number of anilines is 1. The van der Waals surface area contributed by atoms with E-state index in [1.807, 2.05) is 36.7 Å². The van der Waals surface area contributed by atoms with Crippen LogP contribution in [0.25, 0.3) is 28.4 Å². The second kappa shape index (κ2) is 13.4. The number of halogens is 1. The average Bonchev–Trinajstić information content (AvgIpc) is 3.34. The van der Waals surface area contributed by atoms with Crippen molar-refractivity contribution in [3.05, 3.63) is 83.3 Å². The van der Waals surface area contributed by atoms with Crippen LogP contribution in [0.2, 0.25) is 0 Å². The Labute approximate surface area is 272 Å². The Hall–Kier alpha value is -4.99. The summed E-state index contributed by atoms with van der Waals surface area (Å²) in [6.45, 7) is 2.18. The lowest BCUT2D eigenvalue weighted by molar-refractivity contribution is -0.131. The molecule has 2 aliphatic rings. The lowest BCUT2D eigenvalue weighted by Gasteiger charge is -2.40. The molecule has 4 aromatic rings. The highest BCUT2D eigenvalue weighted by molar-refractivity contribution is 6.06. The molecule has 2 aliphatic carbocycles. The predicted octanol–water partition coefficient (Wildman–Crippen LogP) is 7.21. The highest BCUT2D eigenvalue weighted by atomic mass is 19.1. The largest absolute Gasteiger partial charge is 0.493 e. The van der Waals surface area contributed by atoms with Crippen LogP contribution in [0.3, 0.4) is 0 Å². The quantitative estimate of drug-likeness (QED) is 0.158. The topological polar surface area (TPSA) is 123 Å². The average molecular weight is 639 g/mol. The predicted molar refractivity (Wildman–Crippen MR) is 179 cm³/mol.